The second-order valence-electron chi connectivity index (χ2n) is 3.25. The summed E-state index contributed by atoms with van der Waals surface area (Å²) < 4.78 is 23.5. The molecule has 0 aromatic rings. The van der Waals surface area contributed by atoms with Gasteiger partial charge in [-0.05, 0) is 19.3 Å². The predicted molar refractivity (Wildman–Crippen MR) is 34.5 cm³/mol. The van der Waals surface area contributed by atoms with E-state index in [1.807, 2.05) is 0 Å². The summed E-state index contributed by atoms with van der Waals surface area (Å²) in [5.41, 5.74) is -0.865. The third-order valence-electron chi connectivity index (χ3n) is 2.36. The Kier molecular flexibility index (Phi) is 1.86. The first-order valence-electron chi connectivity index (χ1n) is 3.48. The Morgan fingerprint density at radius 1 is 1.82 bits per heavy atom. The van der Waals surface area contributed by atoms with Crippen LogP contribution in [0.3, 0.4) is 0 Å². The highest BCUT2D eigenvalue weighted by Crippen LogP contribution is 2.55. The summed E-state index contributed by atoms with van der Waals surface area (Å²) >= 11 is 0. The molecular formula is C7H10F2O2. The van der Waals surface area contributed by atoms with Gasteiger partial charge in [0.15, 0.2) is 0 Å². The minimum atomic E-state index is -2.37. The first-order chi connectivity index (χ1) is 4.97. The van der Waals surface area contributed by atoms with Gasteiger partial charge >= 0.3 is 5.97 Å². The summed E-state index contributed by atoms with van der Waals surface area (Å²) in [4.78, 5) is 10.4. The van der Waals surface area contributed by atoms with Crippen LogP contribution >= 0.6 is 0 Å². The van der Waals surface area contributed by atoms with Crippen molar-refractivity contribution in [2.45, 2.75) is 26.2 Å². The lowest BCUT2D eigenvalue weighted by molar-refractivity contribution is -0.143. The molecule has 1 aliphatic rings. The fourth-order valence-corrected chi connectivity index (χ4v) is 1.27. The zero-order valence-electron chi connectivity index (χ0n) is 6.18. The van der Waals surface area contributed by atoms with Crippen LogP contribution in [0, 0.1) is 11.3 Å². The van der Waals surface area contributed by atoms with Crippen LogP contribution in [0.2, 0.25) is 0 Å². The predicted octanol–water partition coefficient (Wildman–Crippen LogP) is 1.75. The fourth-order valence-electron chi connectivity index (χ4n) is 1.27. The Bertz CT molecular complexity index is 181. The fraction of sp³-hybridized carbons (Fsp3) is 0.857. The number of alkyl halides is 2. The van der Waals surface area contributed by atoms with Crippen LogP contribution in [0.1, 0.15) is 19.8 Å². The molecular weight excluding hydrogens is 154 g/mol. The van der Waals surface area contributed by atoms with Gasteiger partial charge in [0.2, 0.25) is 6.43 Å². The molecule has 1 N–H and O–H groups in total. The van der Waals surface area contributed by atoms with E-state index in [0.717, 1.165) is 0 Å². The van der Waals surface area contributed by atoms with Crippen LogP contribution in [-0.2, 0) is 4.79 Å². The lowest BCUT2D eigenvalue weighted by Crippen LogP contribution is -2.13. The van der Waals surface area contributed by atoms with Gasteiger partial charge in [0.05, 0.1) is 5.41 Å². The van der Waals surface area contributed by atoms with E-state index in [9.17, 15) is 13.6 Å². The smallest absolute Gasteiger partial charge is 0.309 e. The van der Waals surface area contributed by atoms with Crippen molar-refractivity contribution in [2.24, 2.45) is 11.3 Å². The van der Waals surface area contributed by atoms with Crippen LogP contribution in [0.25, 0.3) is 0 Å². The summed E-state index contributed by atoms with van der Waals surface area (Å²) in [6.45, 7) is 1.52. The summed E-state index contributed by atoms with van der Waals surface area (Å²) in [5, 5.41) is 8.55. The van der Waals surface area contributed by atoms with Crippen molar-refractivity contribution in [2.75, 3.05) is 0 Å². The van der Waals surface area contributed by atoms with Crippen molar-refractivity contribution in [1.29, 1.82) is 0 Å². The average molecular weight is 164 g/mol. The highest BCUT2D eigenvalue weighted by atomic mass is 19.3. The van der Waals surface area contributed by atoms with Crippen molar-refractivity contribution in [3.8, 4) is 0 Å². The molecule has 0 unspecified atom stereocenters. The maximum absolute atomic E-state index is 11.7. The van der Waals surface area contributed by atoms with Crippen molar-refractivity contribution in [1.82, 2.24) is 0 Å². The van der Waals surface area contributed by atoms with E-state index in [1.165, 1.54) is 6.92 Å². The first-order valence-corrected chi connectivity index (χ1v) is 3.48. The monoisotopic (exact) mass is 164 g/mol. The number of carboxylic acids is 1. The largest absolute Gasteiger partial charge is 0.481 e. The van der Waals surface area contributed by atoms with Crippen LogP contribution in [0.5, 0.6) is 0 Å². The normalized spacial score (nSPS) is 35.8. The van der Waals surface area contributed by atoms with Gasteiger partial charge in [0, 0.05) is 6.42 Å². The van der Waals surface area contributed by atoms with Crippen molar-refractivity contribution < 1.29 is 18.7 Å². The molecule has 11 heavy (non-hydrogen) atoms. The quantitative estimate of drug-likeness (QED) is 0.689. The van der Waals surface area contributed by atoms with E-state index >= 15 is 0 Å². The van der Waals surface area contributed by atoms with Gasteiger partial charge < -0.3 is 5.11 Å². The van der Waals surface area contributed by atoms with Gasteiger partial charge in [-0.2, -0.15) is 0 Å². The van der Waals surface area contributed by atoms with Gasteiger partial charge in [0.25, 0.3) is 0 Å². The lowest BCUT2D eigenvalue weighted by atomic mass is 10.1. The Morgan fingerprint density at radius 2 is 2.36 bits per heavy atom. The molecule has 0 spiro atoms. The van der Waals surface area contributed by atoms with Gasteiger partial charge in [0.1, 0.15) is 0 Å². The standard InChI is InChI=1S/C7H10F2O2/c1-7(6(10)11)3-4(7)2-5(8)9/h4-5H,2-3H2,1H3,(H,10,11)/t4-,7+/m1/s1. The molecule has 4 heteroatoms. The van der Waals surface area contributed by atoms with E-state index in [-0.39, 0.29) is 12.3 Å². The van der Waals surface area contributed by atoms with Gasteiger partial charge in [-0.25, -0.2) is 8.78 Å². The SMILES string of the molecule is C[C@]1(C(=O)O)C[C@H]1CC(F)F. The zero-order valence-corrected chi connectivity index (χ0v) is 6.18. The van der Waals surface area contributed by atoms with Crippen molar-refractivity contribution in [3.05, 3.63) is 0 Å². The van der Waals surface area contributed by atoms with Crippen LogP contribution in [-0.4, -0.2) is 17.5 Å². The number of carboxylic acid groups (broad SMARTS) is 1. The highest BCUT2D eigenvalue weighted by molar-refractivity contribution is 5.78. The molecule has 0 aromatic carbocycles. The number of carbonyl (C=O) groups is 1. The maximum atomic E-state index is 11.7. The van der Waals surface area contributed by atoms with E-state index in [2.05, 4.69) is 0 Å². The summed E-state index contributed by atoms with van der Waals surface area (Å²) in [6, 6.07) is 0. The number of hydrogen-bond donors (Lipinski definition) is 1. The average Bonchev–Trinajstić information content (AvgIpc) is 2.42. The number of aliphatic carboxylic acids is 1. The van der Waals surface area contributed by atoms with Gasteiger partial charge in [-0.15, -0.1) is 0 Å². The molecule has 64 valence electrons. The van der Waals surface area contributed by atoms with Crippen molar-refractivity contribution >= 4 is 5.97 Å². The van der Waals surface area contributed by atoms with Crippen LogP contribution < -0.4 is 0 Å². The van der Waals surface area contributed by atoms with E-state index < -0.39 is 17.8 Å². The molecule has 1 saturated carbocycles. The molecule has 2 atom stereocenters. The number of rotatable bonds is 3. The highest BCUT2D eigenvalue weighted by Gasteiger charge is 2.56. The van der Waals surface area contributed by atoms with E-state index in [0.29, 0.717) is 6.42 Å². The molecule has 0 heterocycles. The molecule has 1 rings (SSSR count). The van der Waals surface area contributed by atoms with Crippen LogP contribution in [0.15, 0.2) is 0 Å². The molecule has 1 aliphatic carbocycles. The summed E-state index contributed by atoms with van der Waals surface area (Å²) in [6.07, 6.45) is -2.25. The summed E-state index contributed by atoms with van der Waals surface area (Å²) in [5.74, 6) is -1.27. The molecule has 0 saturated heterocycles. The van der Waals surface area contributed by atoms with E-state index in [1.54, 1.807) is 0 Å². The Labute approximate surface area is 63.2 Å². The topological polar surface area (TPSA) is 37.3 Å². The van der Waals surface area contributed by atoms with Crippen LogP contribution in [0.4, 0.5) is 8.78 Å². The second-order valence-corrected chi connectivity index (χ2v) is 3.25. The summed E-state index contributed by atoms with van der Waals surface area (Å²) in [7, 11) is 0. The first kappa shape index (κ1) is 8.43. The van der Waals surface area contributed by atoms with Gasteiger partial charge in [-0.1, -0.05) is 0 Å². The molecule has 0 aromatic heterocycles. The Hall–Kier alpha value is -0.670. The third kappa shape index (κ3) is 1.49. The zero-order chi connectivity index (χ0) is 8.65. The number of hydrogen-bond acceptors (Lipinski definition) is 1. The Balaban J connectivity index is 2.41. The minimum absolute atomic E-state index is 0.275. The van der Waals surface area contributed by atoms with Crippen molar-refractivity contribution in [3.63, 3.8) is 0 Å². The van der Waals surface area contributed by atoms with Gasteiger partial charge in [-0.3, -0.25) is 4.79 Å². The Morgan fingerprint density at radius 3 is 2.64 bits per heavy atom. The third-order valence-corrected chi connectivity index (χ3v) is 2.36. The molecule has 2 nitrogen and oxygen atoms in total. The van der Waals surface area contributed by atoms with E-state index in [4.69, 9.17) is 5.11 Å². The second kappa shape index (κ2) is 2.43. The maximum Gasteiger partial charge on any atom is 0.309 e. The number of halogens is 2. The minimum Gasteiger partial charge on any atom is -0.481 e. The molecule has 0 amide bonds. The molecule has 0 bridgehead atoms. The molecule has 0 aliphatic heterocycles. The lowest BCUT2D eigenvalue weighted by Gasteiger charge is -2.03. The molecule has 0 radical (unpaired) electrons. The molecule has 1 fully saturated rings.